The lowest BCUT2D eigenvalue weighted by Gasteiger charge is -2.15. The van der Waals surface area contributed by atoms with E-state index >= 15 is 0 Å². The average Bonchev–Trinajstić information content (AvgIpc) is 2.67. The van der Waals surface area contributed by atoms with Crippen molar-refractivity contribution in [1.82, 2.24) is 0 Å². The van der Waals surface area contributed by atoms with Gasteiger partial charge in [-0.25, -0.2) is 0 Å². The van der Waals surface area contributed by atoms with Crippen LogP contribution in [0.25, 0.3) is 11.1 Å². The molecule has 0 aliphatic rings. The van der Waals surface area contributed by atoms with Gasteiger partial charge in [0.15, 0.2) is 6.61 Å². The molecule has 3 heteroatoms. The number of aryl methyl sites for hydroxylation is 1. The second-order valence-electron chi connectivity index (χ2n) is 6.94. The van der Waals surface area contributed by atoms with E-state index in [-0.39, 0.29) is 12.5 Å². The van der Waals surface area contributed by atoms with Gasteiger partial charge in [0.2, 0.25) is 0 Å². The van der Waals surface area contributed by atoms with Crippen molar-refractivity contribution in [3.8, 4) is 16.9 Å². The number of para-hydroxylation sites is 1. The first kappa shape index (κ1) is 18.7. The molecule has 0 aromatic heterocycles. The molecule has 0 fully saturated rings. The van der Waals surface area contributed by atoms with Crippen LogP contribution < -0.4 is 10.1 Å². The van der Waals surface area contributed by atoms with Gasteiger partial charge >= 0.3 is 0 Å². The van der Waals surface area contributed by atoms with Gasteiger partial charge in [-0.2, -0.15) is 0 Å². The van der Waals surface area contributed by atoms with Crippen LogP contribution >= 0.6 is 0 Å². The second kappa shape index (κ2) is 8.54. The Kier molecular flexibility index (Phi) is 5.92. The summed E-state index contributed by atoms with van der Waals surface area (Å²) in [4.78, 5) is 12.5. The number of ether oxygens (including phenoxy) is 1. The molecule has 0 spiro atoms. The molecule has 3 aromatic carbocycles. The first-order chi connectivity index (χ1) is 13.0. The highest BCUT2D eigenvalue weighted by Gasteiger charge is 2.12. The van der Waals surface area contributed by atoms with E-state index in [4.69, 9.17) is 4.74 Å². The van der Waals surface area contributed by atoms with Gasteiger partial charge in [0.1, 0.15) is 5.75 Å². The van der Waals surface area contributed by atoms with Crippen LogP contribution in [0.2, 0.25) is 0 Å². The van der Waals surface area contributed by atoms with E-state index in [0.717, 1.165) is 33.7 Å². The summed E-state index contributed by atoms with van der Waals surface area (Å²) >= 11 is 0. The largest absolute Gasteiger partial charge is 0.483 e. The van der Waals surface area contributed by atoms with Crippen LogP contribution in [0.5, 0.6) is 5.75 Å². The molecular formula is C24H25NO2. The normalized spacial score (nSPS) is 10.7. The highest BCUT2D eigenvalue weighted by molar-refractivity contribution is 5.96. The number of anilines is 1. The number of benzene rings is 3. The van der Waals surface area contributed by atoms with Crippen LogP contribution in [0.4, 0.5) is 5.69 Å². The van der Waals surface area contributed by atoms with Crippen LogP contribution in [0.1, 0.15) is 30.9 Å². The van der Waals surface area contributed by atoms with Crippen LogP contribution in [-0.4, -0.2) is 12.5 Å². The molecule has 0 radical (unpaired) electrons. The predicted molar refractivity (Wildman–Crippen MR) is 111 cm³/mol. The van der Waals surface area contributed by atoms with Gasteiger partial charge < -0.3 is 10.1 Å². The first-order valence-electron chi connectivity index (χ1n) is 9.22. The summed E-state index contributed by atoms with van der Waals surface area (Å²) in [6.07, 6.45) is 0. The summed E-state index contributed by atoms with van der Waals surface area (Å²) in [5.41, 5.74) is 5.06. The first-order valence-corrected chi connectivity index (χ1v) is 9.22. The number of carbonyl (C=O) groups excluding carboxylic acids is 1. The zero-order valence-electron chi connectivity index (χ0n) is 16.0. The molecule has 0 aliphatic carbocycles. The quantitative estimate of drug-likeness (QED) is 0.604. The van der Waals surface area contributed by atoms with Crippen molar-refractivity contribution < 1.29 is 9.53 Å². The maximum atomic E-state index is 12.5. The summed E-state index contributed by atoms with van der Waals surface area (Å²) in [6, 6.07) is 23.9. The van der Waals surface area contributed by atoms with Crippen molar-refractivity contribution >= 4 is 11.6 Å². The summed E-state index contributed by atoms with van der Waals surface area (Å²) in [5.74, 6) is 0.938. The fourth-order valence-electron chi connectivity index (χ4n) is 3.03. The number of hydrogen-bond donors (Lipinski definition) is 1. The lowest BCUT2D eigenvalue weighted by Crippen LogP contribution is -2.21. The topological polar surface area (TPSA) is 38.3 Å². The fraction of sp³-hybridized carbons (Fsp3) is 0.208. The molecule has 0 bridgehead atoms. The average molecular weight is 359 g/mol. The molecule has 0 atom stereocenters. The van der Waals surface area contributed by atoms with E-state index in [0.29, 0.717) is 5.92 Å². The number of carbonyl (C=O) groups is 1. The lowest BCUT2D eigenvalue weighted by molar-refractivity contribution is -0.118. The van der Waals surface area contributed by atoms with E-state index in [1.54, 1.807) is 0 Å². The minimum atomic E-state index is -0.172. The van der Waals surface area contributed by atoms with Gasteiger partial charge in [0, 0.05) is 11.3 Å². The summed E-state index contributed by atoms with van der Waals surface area (Å²) in [5, 5.41) is 2.98. The Morgan fingerprint density at radius 1 is 0.963 bits per heavy atom. The van der Waals surface area contributed by atoms with Crippen molar-refractivity contribution in [2.24, 2.45) is 0 Å². The highest BCUT2D eigenvalue weighted by atomic mass is 16.5. The van der Waals surface area contributed by atoms with Crippen molar-refractivity contribution in [2.45, 2.75) is 26.7 Å². The third kappa shape index (κ3) is 4.76. The maximum Gasteiger partial charge on any atom is 0.262 e. The maximum absolute atomic E-state index is 12.5. The predicted octanol–water partition coefficient (Wildman–Crippen LogP) is 5.80. The van der Waals surface area contributed by atoms with E-state index in [9.17, 15) is 4.79 Å². The third-order valence-corrected chi connectivity index (χ3v) is 4.44. The highest BCUT2D eigenvalue weighted by Crippen LogP contribution is 2.29. The molecule has 3 nitrogen and oxygen atoms in total. The molecule has 0 aliphatic heterocycles. The van der Waals surface area contributed by atoms with Crippen molar-refractivity contribution in [3.05, 3.63) is 83.9 Å². The van der Waals surface area contributed by atoms with Crippen LogP contribution in [0.3, 0.4) is 0 Å². The summed E-state index contributed by atoms with van der Waals surface area (Å²) in [7, 11) is 0. The molecular weight excluding hydrogens is 334 g/mol. The zero-order chi connectivity index (χ0) is 19.2. The van der Waals surface area contributed by atoms with Gasteiger partial charge in [-0.05, 0) is 41.7 Å². The van der Waals surface area contributed by atoms with Crippen LogP contribution in [-0.2, 0) is 4.79 Å². The SMILES string of the molecule is Cc1ccc(C(C)C)c(OCC(=O)Nc2ccccc2-c2ccccc2)c1. The van der Waals surface area contributed by atoms with Gasteiger partial charge in [0.25, 0.3) is 5.91 Å². The van der Waals surface area contributed by atoms with Gasteiger partial charge in [-0.1, -0.05) is 74.5 Å². The molecule has 1 amide bonds. The van der Waals surface area contributed by atoms with Gasteiger partial charge in [-0.3, -0.25) is 4.79 Å². The molecule has 0 heterocycles. The number of hydrogen-bond acceptors (Lipinski definition) is 2. The molecule has 0 saturated heterocycles. The molecule has 27 heavy (non-hydrogen) atoms. The van der Waals surface area contributed by atoms with Gasteiger partial charge in [-0.15, -0.1) is 0 Å². The Morgan fingerprint density at radius 2 is 1.67 bits per heavy atom. The number of nitrogens with one attached hydrogen (secondary N) is 1. The van der Waals surface area contributed by atoms with E-state index in [1.807, 2.05) is 67.6 Å². The van der Waals surface area contributed by atoms with Crippen LogP contribution in [0.15, 0.2) is 72.8 Å². The number of amides is 1. The molecule has 1 N–H and O–H groups in total. The van der Waals surface area contributed by atoms with Gasteiger partial charge in [0.05, 0.1) is 0 Å². The Balaban J connectivity index is 1.72. The molecule has 3 rings (SSSR count). The molecule has 0 saturated carbocycles. The monoisotopic (exact) mass is 359 g/mol. The lowest BCUT2D eigenvalue weighted by atomic mass is 10.0. The minimum Gasteiger partial charge on any atom is -0.483 e. The number of rotatable bonds is 6. The Bertz CT molecular complexity index is 917. The van der Waals surface area contributed by atoms with Crippen molar-refractivity contribution in [3.63, 3.8) is 0 Å². The summed E-state index contributed by atoms with van der Waals surface area (Å²) < 4.78 is 5.85. The Labute approximate surface area is 161 Å². The minimum absolute atomic E-state index is 0.0215. The summed E-state index contributed by atoms with van der Waals surface area (Å²) in [6.45, 7) is 6.24. The van der Waals surface area contributed by atoms with E-state index in [1.165, 1.54) is 0 Å². The third-order valence-electron chi connectivity index (χ3n) is 4.44. The molecule has 0 unspecified atom stereocenters. The van der Waals surface area contributed by atoms with E-state index < -0.39 is 0 Å². The molecule has 138 valence electrons. The standard InChI is InChI=1S/C24H25NO2/c1-17(2)20-14-13-18(3)15-23(20)27-16-24(26)25-22-12-8-7-11-21(22)19-9-5-4-6-10-19/h4-15,17H,16H2,1-3H3,(H,25,26). The zero-order valence-corrected chi connectivity index (χ0v) is 16.0. The van der Waals surface area contributed by atoms with E-state index in [2.05, 4.69) is 31.3 Å². The fourth-order valence-corrected chi connectivity index (χ4v) is 3.03. The Morgan fingerprint density at radius 3 is 2.41 bits per heavy atom. The van der Waals surface area contributed by atoms with Crippen molar-refractivity contribution in [2.75, 3.05) is 11.9 Å². The smallest absolute Gasteiger partial charge is 0.262 e. The second-order valence-corrected chi connectivity index (χ2v) is 6.94. The molecule has 3 aromatic rings. The Hall–Kier alpha value is -3.07. The van der Waals surface area contributed by atoms with Crippen LogP contribution in [0, 0.1) is 6.92 Å². The van der Waals surface area contributed by atoms with Crippen molar-refractivity contribution in [1.29, 1.82) is 0 Å².